The number of nitrogens with zero attached hydrogens (tertiary/aromatic N) is 2. The molecule has 0 spiro atoms. The molecule has 3 N–H and O–H groups in total. The number of benzene rings is 1. The van der Waals surface area contributed by atoms with Crippen LogP contribution in [0.3, 0.4) is 0 Å². The fraction of sp³-hybridized carbons (Fsp3) is 0.560. The predicted octanol–water partition coefficient (Wildman–Crippen LogP) is 0.0510. The van der Waals surface area contributed by atoms with E-state index in [2.05, 4.69) is 16.0 Å². The zero-order valence-corrected chi connectivity index (χ0v) is 20.7. The summed E-state index contributed by atoms with van der Waals surface area (Å²) in [6.45, 7) is 2.42. The number of fused-ring (bicyclic) bond motifs is 1. The number of carbonyl (C=O) groups is 5. The lowest BCUT2D eigenvalue weighted by atomic mass is 10.1. The maximum absolute atomic E-state index is 13.1. The van der Waals surface area contributed by atoms with Gasteiger partial charge in [-0.15, -0.1) is 0 Å². The van der Waals surface area contributed by atoms with Crippen LogP contribution in [0.1, 0.15) is 48.9 Å². The molecule has 36 heavy (non-hydrogen) atoms. The molecule has 0 bridgehead atoms. The lowest BCUT2D eigenvalue weighted by Gasteiger charge is -2.21. The van der Waals surface area contributed by atoms with Crippen molar-refractivity contribution in [1.82, 2.24) is 25.8 Å². The van der Waals surface area contributed by atoms with Gasteiger partial charge < -0.3 is 30.5 Å². The molecule has 11 nitrogen and oxygen atoms in total. The Morgan fingerprint density at radius 1 is 1.08 bits per heavy atom. The Morgan fingerprint density at radius 2 is 1.86 bits per heavy atom. The summed E-state index contributed by atoms with van der Waals surface area (Å²) in [5.74, 6) is -1.06. The van der Waals surface area contributed by atoms with E-state index in [0.717, 1.165) is 13.0 Å². The third kappa shape index (κ3) is 7.96. The van der Waals surface area contributed by atoms with Crippen LogP contribution in [0.2, 0.25) is 0 Å². The summed E-state index contributed by atoms with van der Waals surface area (Å²) in [6, 6.07) is 5.52. The number of hydrogen-bond acceptors (Lipinski definition) is 6. The smallest absolute Gasteiger partial charge is 0.255 e. The molecule has 3 rings (SSSR count). The number of likely N-dealkylation sites (tertiary alicyclic amines) is 1. The quantitative estimate of drug-likeness (QED) is 0.488. The van der Waals surface area contributed by atoms with Gasteiger partial charge in [0.15, 0.2) is 0 Å². The summed E-state index contributed by atoms with van der Waals surface area (Å²) in [5, 5.41) is 8.15. The molecule has 0 saturated carbocycles. The van der Waals surface area contributed by atoms with Crippen LogP contribution in [0.15, 0.2) is 24.3 Å². The van der Waals surface area contributed by atoms with Crippen LogP contribution in [0, 0.1) is 0 Å². The minimum atomic E-state index is -1.10. The van der Waals surface area contributed by atoms with E-state index in [1.807, 2.05) is 0 Å². The molecule has 1 atom stereocenters. The van der Waals surface area contributed by atoms with Gasteiger partial charge >= 0.3 is 0 Å². The summed E-state index contributed by atoms with van der Waals surface area (Å²) in [5.41, 5.74) is 0.226. The first-order valence-corrected chi connectivity index (χ1v) is 12.4. The van der Waals surface area contributed by atoms with Gasteiger partial charge in [0.1, 0.15) is 18.4 Å². The minimum Gasteiger partial charge on any atom is -0.491 e. The molecule has 5 amide bonds. The Labute approximate surface area is 210 Å². The first-order valence-electron chi connectivity index (χ1n) is 12.4. The van der Waals surface area contributed by atoms with Crippen molar-refractivity contribution in [2.75, 3.05) is 46.4 Å². The lowest BCUT2D eigenvalue weighted by Crippen LogP contribution is -2.49. The standard InChI is InChI=1S/C25H35N5O6/c1-29-15-16-36-20-8-3-2-7-18(20)24(34)28-19(17-21(31)26-11-4-9-22(29)32)25(35)27-12-6-14-30-13-5-10-23(30)33/h2-3,7-8,19H,4-6,9-17H2,1H3,(H,26,31)(H,27,35)(H,28,34)/t19-/m0/s1. The molecule has 1 saturated heterocycles. The zero-order chi connectivity index (χ0) is 25.9. The second-order valence-electron chi connectivity index (χ2n) is 8.97. The van der Waals surface area contributed by atoms with Gasteiger partial charge in [-0.3, -0.25) is 24.0 Å². The summed E-state index contributed by atoms with van der Waals surface area (Å²) >= 11 is 0. The van der Waals surface area contributed by atoms with E-state index in [0.29, 0.717) is 44.6 Å². The molecule has 1 fully saturated rings. The second-order valence-corrected chi connectivity index (χ2v) is 8.97. The Bertz CT molecular complexity index is 968. The maximum atomic E-state index is 13.1. The number of carbonyl (C=O) groups excluding carboxylic acids is 5. The molecular weight excluding hydrogens is 466 g/mol. The highest BCUT2D eigenvalue weighted by Gasteiger charge is 2.26. The Morgan fingerprint density at radius 3 is 2.64 bits per heavy atom. The van der Waals surface area contributed by atoms with E-state index in [1.54, 1.807) is 41.1 Å². The largest absolute Gasteiger partial charge is 0.491 e. The normalized spacial score (nSPS) is 20.3. The van der Waals surface area contributed by atoms with Gasteiger partial charge in [-0.05, 0) is 31.4 Å². The van der Waals surface area contributed by atoms with Gasteiger partial charge in [-0.1, -0.05) is 12.1 Å². The van der Waals surface area contributed by atoms with E-state index < -0.39 is 23.8 Å². The fourth-order valence-electron chi connectivity index (χ4n) is 4.10. The molecule has 0 radical (unpaired) electrons. The van der Waals surface area contributed by atoms with Crippen molar-refractivity contribution in [3.8, 4) is 5.75 Å². The van der Waals surface area contributed by atoms with Crippen LogP contribution in [0.25, 0.3) is 0 Å². The molecule has 0 unspecified atom stereocenters. The first-order chi connectivity index (χ1) is 17.3. The molecule has 1 aromatic carbocycles. The maximum Gasteiger partial charge on any atom is 0.255 e. The Kier molecular flexibility index (Phi) is 10.1. The van der Waals surface area contributed by atoms with Crippen molar-refractivity contribution >= 4 is 29.5 Å². The van der Waals surface area contributed by atoms with E-state index in [-0.39, 0.29) is 43.4 Å². The van der Waals surface area contributed by atoms with E-state index >= 15 is 0 Å². The van der Waals surface area contributed by atoms with E-state index in [1.165, 1.54) is 0 Å². The molecule has 2 aliphatic heterocycles. The van der Waals surface area contributed by atoms with E-state index in [4.69, 9.17) is 4.74 Å². The molecular formula is C25H35N5O6. The van der Waals surface area contributed by atoms with Crippen LogP contribution < -0.4 is 20.7 Å². The van der Waals surface area contributed by atoms with Gasteiger partial charge in [0, 0.05) is 46.1 Å². The van der Waals surface area contributed by atoms with Crippen LogP contribution in [-0.2, 0) is 19.2 Å². The number of nitrogens with one attached hydrogen (secondary N) is 3. The van der Waals surface area contributed by atoms with Crippen LogP contribution in [0.5, 0.6) is 5.75 Å². The summed E-state index contributed by atoms with van der Waals surface area (Å²) in [7, 11) is 1.68. The van der Waals surface area contributed by atoms with Crippen molar-refractivity contribution in [2.24, 2.45) is 0 Å². The Hall–Kier alpha value is -3.63. The fourth-order valence-corrected chi connectivity index (χ4v) is 4.10. The highest BCUT2D eigenvalue weighted by molar-refractivity contribution is 6.00. The van der Waals surface area contributed by atoms with Crippen molar-refractivity contribution in [2.45, 2.75) is 44.6 Å². The number of ether oxygens (including phenoxy) is 1. The first kappa shape index (κ1) is 27.0. The van der Waals surface area contributed by atoms with Gasteiger partial charge in [0.25, 0.3) is 5.91 Å². The highest BCUT2D eigenvalue weighted by Crippen LogP contribution is 2.18. The van der Waals surface area contributed by atoms with Crippen molar-refractivity contribution in [3.05, 3.63) is 29.8 Å². The molecule has 196 valence electrons. The molecule has 0 aliphatic carbocycles. The van der Waals surface area contributed by atoms with Gasteiger partial charge in [0.2, 0.25) is 23.6 Å². The minimum absolute atomic E-state index is 0.0705. The monoisotopic (exact) mass is 501 g/mol. The summed E-state index contributed by atoms with van der Waals surface area (Å²) in [4.78, 5) is 65.8. The predicted molar refractivity (Wildman–Crippen MR) is 131 cm³/mol. The van der Waals surface area contributed by atoms with Crippen LogP contribution in [-0.4, -0.2) is 91.8 Å². The summed E-state index contributed by atoms with van der Waals surface area (Å²) in [6.07, 6.45) is 2.46. The number of hydrogen-bond donors (Lipinski definition) is 3. The number of likely N-dealkylation sites (N-methyl/N-ethyl adjacent to an activating group) is 1. The third-order valence-electron chi connectivity index (χ3n) is 6.22. The SMILES string of the molecule is CN1CCOc2ccccc2C(=O)N[C@H](C(=O)NCCCN2CCCC2=O)CC(=O)NCCCC1=O. The number of para-hydroxylation sites is 1. The van der Waals surface area contributed by atoms with Gasteiger partial charge in [0.05, 0.1) is 18.5 Å². The zero-order valence-electron chi connectivity index (χ0n) is 20.7. The summed E-state index contributed by atoms with van der Waals surface area (Å²) < 4.78 is 5.76. The average molecular weight is 502 g/mol. The van der Waals surface area contributed by atoms with Crippen molar-refractivity contribution < 1.29 is 28.7 Å². The van der Waals surface area contributed by atoms with Crippen LogP contribution in [0.4, 0.5) is 0 Å². The lowest BCUT2D eigenvalue weighted by molar-refractivity contribution is -0.130. The number of rotatable bonds is 5. The van der Waals surface area contributed by atoms with Crippen molar-refractivity contribution in [3.63, 3.8) is 0 Å². The number of amides is 5. The molecule has 11 heteroatoms. The molecule has 0 aromatic heterocycles. The van der Waals surface area contributed by atoms with Gasteiger partial charge in [-0.25, -0.2) is 0 Å². The van der Waals surface area contributed by atoms with Gasteiger partial charge in [-0.2, -0.15) is 0 Å². The molecule has 2 aliphatic rings. The topological polar surface area (TPSA) is 137 Å². The molecule has 2 heterocycles. The Balaban J connectivity index is 1.67. The van der Waals surface area contributed by atoms with Crippen molar-refractivity contribution in [1.29, 1.82) is 0 Å². The second kappa shape index (κ2) is 13.5. The molecule has 1 aromatic rings. The highest BCUT2D eigenvalue weighted by atomic mass is 16.5. The average Bonchev–Trinajstić information content (AvgIpc) is 3.27. The van der Waals surface area contributed by atoms with E-state index in [9.17, 15) is 24.0 Å². The van der Waals surface area contributed by atoms with Crippen LogP contribution >= 0.6 is 0 Å². The third-order valence-corrected chi connectivity index (χ3v) is 6.22.